The van der Waals surface area contributed by atoms with Gasteiger partial charge in [0.1, 0.15) is 24.1 Å². The lowest BCUT2D eigenvalue weighted by Gasteiger charge is -2.34. The number of esters is 1. The van der Waals surface area contributed by atoms with E-state index in [2.05, 4.69) is 0 Å². The second kappa shape index (κ2) is 8.43. The number of fused-ring (bicyclic) bond motifs is 5. The maximum Gasteiger partial charge on any atom is 0.339 e. The fourth-order valence-electron chi connectivity index (χ4n) is 4.78. The van der Waals surface area contributed by atoms with Gasteiger partial charge in [0.25, 0.3) is 0 Å². The van der Waals surface area contributed by atoms with Crippen molar-refractivity contribution in [2.45, 2.75) is 58.2 Å². The first kappa shape index (κ1) is 20.8. The number of hydrogen-bond donors (Lipinski definition) is 0. The van der Waals surface area contributed by atoms with Gasteiger partial charge >= 0.3 is 11.6 Å². The molecule has 1 aliphatic carbocycles. The molecular weight excluding hydrogens is 406 g/mol. The van der Waals surface area contributed by atoms with Crippen LogP contribution in [0.5, 0.6) is 5.75 Å². The minimum absolute atomic E-state index is 0.208. The van der Waals surface area contributed by atoms with Gasteiger partial charge in [-0.25, -0.2) is 4.79 Å². The van der Waals surface area contributed by atoms with E-state index < -0.39 is 6.04 Å². The van der Waals surface area contributed by atoms with Crippen LogP contribution in [0.15, 0.2) is 51.7 Å². The zero-order valence-electron chi connectivity index (χ0n) is 18.4. The summed E-state index contributed by atoms with van der Waals surface area (Å²) in [5, 5.41) is 0.977. The molecule has 0 bridgehead atoms. The van der Waals surface area contributed by atoms with Gasteiger partial charge in [-0.15, -0.1) is 0 Å². The molecule has 6 nitrogen and oxygen atoms in total. The molecule has 3 aromatic rings. The summed E-state index contributed by atoms with van der Waals surface area (Å²) in [5.74, 6) is 0.420. The van der Waals surface area contributed by atoms with Crippen molar-refractivity contribution >= 4 is 16.9 Å². The van der Waals surface area contributed by atoms with Gasteiger partial charge in [0, 0.05) is 17.5 Å². The van der Waals surface area contributed by atoms with Gasteiger partial charge in [-0.1, -0.05) is 30.3 Å². The van der Waals surface area contributed by atoms with E-state index in [1.54, 1.807) is 0 Å². The van der Waals surface area contributed by atoms with Crippen LogP contribution in [0.2, 0.25) is 0 Å². The molecule has 0 amide bonds. The van der Waals surface area contributed by atoms with Gasteiger partial charge in [-0.3, -0.25) is 9.69 Å². The van der Waals surface area contributed by atoms with Gasteiger partial charge in [0.15, 0.2) is 0 Å². The number of aryl methyl sites for hydroxylation is 1. The highest BCUT2D eigenvalue weighted by molar-refractivity contribution is 5.86. The number of rotatable bonds is 5. The summed E-state index contributed by atoms with van der Waals surface area (Å²) in [7, 11) is 0. The molecule has 2 aromatic carbocycles. The van der Waals surface area contributed by atoms with Crippen molar-refractivity contribution in [1.29, 1.82) is 0 Å². The van der Waals surface area contributed by atoms with Crippen LogP contribution in [0.1, 0.15) is 42.5 Å². The summed E-state index contributed by atoms with van der Waals surface area (Å²) < 4.78 is 17.4. The van der Waals surface area contributed by atoms with Gasteiger partial charge in [-0.05, 0) is 62.8 Å². The average molecular weight is 434 g/mol. The second-order valence-electron chi connectivity index (χ2n) is 8.83. The van der Waals surface area contributed by atoms with E-state index in [1.165, 1.54) is 0 Å². The first-order valence-corrected chi connectivity index (χ1v) is 11.2. The normalized spacial score (nSPS) is 16.5. The van der Waals surface area contributed by atoms with Gasteiger partial charge < -0.3 is 13.9 Å². The molecule has 6 heteroatoms. The highest BCUT2D eigenvalue weighted by Gasteiger charge is 2.33. The van der Waals surface area contributed by atoms with Crippen LogP contribution in [0.4, 0.5) is 0 Å². The van der Waals surface area contributed by atoms with Crippen molar-refractivity contribution in [1.82, 2.24) is 4.90 Å². The molecule has 1 atom stereocenters. The van der Waals surface area contributed by atoms with Crippen LogP contribution in [-0.4, -0.2) is 29.7 Å². The molecule has 1 unspecified atom stereocenters. The van der Waals surface area contributed by atoms with E-state index in [4.69, 9.17) is 13.9 Å². The summed E-state index contributed by atoms with van der Waals surface area (Å²) in [5.41, 5.74) is 4.08. The Morgan fingerprint density at radius 1 is 1.06 bits per heavy atom. The number of carbonyl (C=O) groups excluding carboxylic acids is 1. The van der Waals surface area contributed by atoms with Crippen LogP contribution in [0, 0.1) is 0 Å². The van der Waals surface area contributed by atoms with Crippen LogP contribution in [0.25, 0.3) is 11.0 Å². The van der Waals surface area contributed by atoms with Crippen LogP contribution >= 0.6 is 0 Å². The number of ether oxygens (including phenoxy) is 2. The molecule has 0 saturated heterocycles. The molecule has 1 aromatic heterocycles. The van der Waals surface area contributed by atoms with Crippen molar-refractivity contribution in [2.75, 3.05) is 6.73 Å². The highest BCUT2D eigenvalue weighted by atomic mass is 16.5. The monoisotopic (exact) mass is 433 g/mol. The second-order valence-corrected chi connectivity index (χ2v) is 8.83. The minimum atomic E-state index is -0.510. The topological polar surface area (TPSA) is 69.0 Å². The maximum absolute atomic E-state index is 13.0. The lowest BCUT2D eigenvalue weighted by molar-refractivity contribution is -0.156. The van der Waals surface area contributed by atoms with Crippen molar-refractivity contribution in [2.24, 2.45) is 0 Å². The van der Waals surface area contributed by atoms with E-state index in [9.17, 15) is 9.59 Å². The first-order valence-electron chi connectivity index (χ1n) is 11.2. The fourth-order valence-corrected chi connectivity index (χ4v) is 4.78. The molecule has 0 fully saturated rings. The molecule has 166 valence electrons. The van der Waals surface area contributed by atoms with E-state index in [0.717, 1.165) is 46.9 Å². The number of hydrogen-bond acceptors (Lipinski definition) is 6. The number of benzene rings is 2. The zero-order chi connectivity index (χ0) is 22.2. The lowest BCUT2D eigenvalue weighted by atomic mass is 10.00. The highest BCUT2D eigenvalue weighted by Crippen LogP contribution is 2.36. The standard InChI is InChI=1S/C26H27NO5/c1-16(2)31-26(29)22(13-17-7-4-3-5-8-17)27-14-21-23(30-15-27)12-11-19-18-9-6-10-20(18)25(28)32-24(19)21/h3-5,7-8,11-12,16,22H,6,9-10,13-15H2,1-2H3. The van der Waals surface area contributed by atoms with Crippen LogP contribution < -0.4 is 10.4 Å². The Hall–Kier alpha value is -3.12. The summed E-state index contributed by atoms with van der Waals surface area (Å²) in [4.78, 5) is 27.6. The van der Waals surface area contributed by atoms with E-state index in [0.29, 0.717) is 24.3 Å². The van der Waals surface area contributed by atoms with Gasteiger partial charge in [0.2, 0.25) is 0 Å². The van der Waals surface area contributed by atoms with Crippen molar-refractivity contribution in [3.05, 3.63) is 75.1 Å². The molecule has 1 aliphatic heterocycles. The third-order valence-electron chi connectivity index (χ3n) is 6.29. The van der Waals surface area contributed by atoms with Gasteiger partial charge in [0.05, 0.1) is 11.7 Å². The Morgan fingerprint density at radius 2 is 1.84 bits per heavy atom. The fraction of sp³-hybridized carbons (Fsp3) is 0.385. The van der Waals surface area contributed by atoms with Crippen LogP contribution in [0.3, 0.4) is 0 Å². The molecule has 0 saturated carbocycles. The SMILES string of the molecule is CC(C)OC(=O)C(Cc1ccccc1)N1COc2ccc3c4c(c(=O)oc3c2C1)CCC4. The smallest absolute Gasteiger partial charge is 0.339 e. The van der Waals surface area contributed by atoms with E-state index >= 15 is 0 Å². The Balaban J connectivity index is 1.52. The van der Waals surface area contributed by atoms with Crippen LogP contribution in [-0.2, 0) is 35.3 Å². The third kappa shape index (κ3) is 3.79. The average Bonchev–Trinajstić information content (AvgIpc) is 3.28. The Bertz CT molecular complexity index is 1210. The zero-order valence-corrected chi connectivity index (χ0v) is 18.4. The number of nitrogens with zero attached hydrogens (tertiary/aromatic N) is 1. The predicted molar refractivity (Wildman–Crippen MR) is 121 cm³/mol. The Labute approximate surface area is 186 Å². The molecular formula is C26H27NO5. The Morgan fingerprint density at radius 3 is 2.62 bits per heavy atom. The lowest BCUT2D eigenvalue weighted by Crippen LogP contribution is -2.47. The largest absolute Gasteiger partial charge is 0.478 e. The molecule has 2 aliphatic rings. The summed E-state index contributed by atoms with van der Waals surface area (Å²) in [6, 6.07) is 13.3. The molecule has 2 heterocycles. The quantitative estimate of drug-likeness (QED) is 0.448. The summed E-state index contributed by atoms with van der Waals surface area (Å²) in [6.45, 7) is 4.40. The minimum Gasteiger partial charge on any atom is -0.478 e. The van der Waals surface area contributed by atoms with Gasteiger partial charge in [-0.2, -0.15) is 0 Å². The molecule has 0 N–H and O–H groups in total. The molecule has 32 heavy (non-hydrogen) atoms. The van der Waals surface area contributed by atoms with E-state index in [-0.39, 0.29) is 24.4 Å². The molecule has 5 rings (SSSR count). The number of carbonyl (C=O) groups is 1. The van der Waals surface area contributed by atoms with Crippen molar-refractivity contribution in [3.8, 4) is 5.75 Å². The molecule has 0 radical (unpaired) electrons. The molecule has 0 spiro atoms. The predicted octanol–water partition coefficient (Wildman–Crippen LogP) is 4.00. The first-order chi connectivity index (χ1) is 15.5. The summed E-state index contributed by atoms with van der Waals surface area (Å²) in [6.07, 6.45) is 2.93. The summed E-state index contributed by atoms with van der Waals surface area (Å²) >= 11 is 0. The maximum atomic E-state index is 13.0. The van der Waals surface area contributed by atoms with Crippen molar-refractivity contribution in [3.63, 3.8) is 0 Å². The third-order valence-corrected chi connectivity index (χ3v) is 6.29. The van der Waals surface area contributed by atoms with E-state index in [1.807, 2.05) is 61.2 Å². The van der Waals surface area contributed by atoms with Crippen molar-refractivity contribution < 1.29 is 18.7 Å². The Kier molecular flexibility index (Phi) is 5.47.